The molecule has 0 aromatic carbocycles. The molecule has 0 aliphatic rings. The maximum absolute atomic E-state index is 11.1. The number of carbonyl (C=O) groups is 2. The predicted molar refractivity (Wildman–Crippen MR) is 54.6 cm³/mol. The first-order valence-electron chi connectivity index (χ1n) is 4.73. The Hall–Kier alpha value is -1.10. The molecule has 5 nitrogen and oxygen atoms in total. The Morgan fingerprint density at radius 1 is 1.21 bits per heavy atom. The summed E-state index contributed by atoms with van der Waals surface area (Å²) in [5.41, 5.74) is 4.96. The summed E-state index contributed by atoms with van der Waals surface area (Å²) in [5, 5.41) is 3.04. The summed E-state index contributed by atoms with van der Waals surface area (Å²) in [6.07, 6.45) is 1.67. The molecule has 0 aliphatic heterocycles. The summed E-state index contributed by atoms with van der Waals surface area (Å²) in [7, 11) is 3.48. The highest BCUT2D eigenvalue weighted by atomic mass is 16.2. The molecule has 0 aromatic rings. The lowest BCUT2D eigenvalue weighted by Crippen LogP contribution is -2.25. The first-order chi connectivity index (χ1) is 6.54. The SMILES string of the molecule is CN(C)C(=O)CCCNCCC(N)=O. The first kappa shape index (κ1) is 12.9. The van der Waals surface area contributed by atoms with Crippen molar-refractivity contribution in [3.63, 3.8) is 0 Å². The smallest absolute Gasteiger partial charge is 0.222 e. The monoisotopic (exact) mass is 201 g/mol. The largest absolute Gasteiger partial charge is 0.370 e. The van der Waals surface area contributed by atoms with Crippen LogP contribution in [0.5, 0.6) is 0 Å². The molecular weight excluding hydrogens is 182 g/mol. The number of primary amides is 1. The molecule has 5 heteroatoms. The van der Waals surface area contributed by atoms with Gasteiger partial charge in [-0.2, -0.15) is 0 Å². The van der Waals surface area contributed by atoms with Crippen molar-refractivity contribution in [1.82, 2.24) is 10.2 Å². The van der Waals surface area contributed by atoms with Crippen LogP contribution in [0.25, 0.3) is 0 Å². The lowest BCUT2D eigenvalue weighted by atomic mass is 10.3. The minimum atomic E-state index is -0.304. The molecule has 0 spiro atoms. The summed E-state index contributed by atoms with van der Waals surface area (Å²) in [6.45, 7) is 1.33. The summed E-state index contributed by atoms with van der Waals surface area (Å²) in [5.74, 6) is -0.177. The molecule has 0 unspecified atom stereocenters. The number of nitrogens with two attached hydrogens (primary N) is 1. The zero-order valence-corrected chi connectivity index (χ0v) is 8.88. The number of amides is 2. The minimum absolute atomic E-state index is 0.127. The van der Waals surface area contributed by atoms with Crippen LogP contribution in [0, 0.1) is 0 Å². The zero-order valence-electron chi connectivity index (χ0n) is 8.88. The number of hydrogen-bond acceptors (Lipinski definition) is 3. The lowest BCUT2D eigenvalue weighted by Gasteiger charge is -2.09. The predicted octanol–water partition coefficient (Wildman–Crippen LogP) is -0.680. The van der Waals surface area contributed by atoms with Gasteiger partial charge in [-0.15, -0.1) is 0 Å². The fourth-order valence-electron chi connectivity index (χ4n) is 0.925. The van der Waals surface area contributed by atoms with Gasteiger partial charge in [-0.3, -0.25) is 9.59 Å². The topological polar surface area (TPSA) is 75.4 Å². The molecule has 0 heterocycles. The fraction of sp³-hybridized carbons (Fsp3) is 0.778. The molecule has 14 heavy (non-hydrogen) atoms. The van der Waals surface area contributed by atoms with Crippen LogP contribution in [0.4, 0.5) is 0 Å². The summed E-state index contributed by atoms with van der Waals surface area (Å²) >= 11 is 0. The van der Waals surface area contributed by atoms with Crippen molar-refractivity contribution in [3.05, 3.63) is 0 Å². The molecule has 0 saturated heterocycles. The van der Waals surface area contributed by atoms with Gasteiger partial charge in [-0.1, -0.05) is 0 Å². The van der Waals surface area contributed by atoms with E-state index in [0.717, 1.165) is 13.0 Å². The summed E-state index contributed by atoms with van der Waals surface area (Å²) < 4.78 is 0. The standard InChI is InChI=1S/C9H19N3O2/c1-12(2)9(14)4-3-6-11-7-5-8(10)13/h11H,3-7H2,1-2H3,(H2,10,13). The van der Waals surface area contributed by atoms with Crippen LogP contribution in [0.1, 0.15) is 19.3 Å². The molecule has 0 rings (SSSR count). The van der Waals surface area contributed by atoms with Crippen molar-refractivity contribution in [2.45, 2.75) is 19.3 Å². The zero-order chi connectivity index (χ0) is 11.0. The van der Waals surface area contributed by atoms with E-state index in [1.54, 1.807) is 19.0 Å². The Kier molecular flexibility index (Phi) is 6.74. The van der Waals surface area contributed by atoms with Gasteiger partial charge in [0.2, 0.25) is 11.8 Å². The third kappa shape index (κ3) is 7.54. The van der Waals surface area contributed by atoms with Crippen LogP contribution in [0.3, 0.4) is 0 Å². The van der Waals surface area contributed by atoms with Gasteiger partial charge in [-0.05, 0) is 13.0 Å². The molecule has 0 aliphatic carbocycles. The van der Waals surface area contributed by atoms with Crippen LogP contribution in [-0.4, -0.2) is 43.9 Å². The van der Waals surface area contributed by atoms with Crippen molar-refractivity contribution in [1.29, 1.82) is 0 Å². The van der Waals surface area contributed by atoms with Gasteiger partial charge in [0.25, 0.3) is 0 Å². The molecule has 82 valence electrons. The Morgan fingerprint density at radius 2 is 1.86 bits per heavy atom. The number of hydrogen-bond donors (Lipinski definition) is 2. The highest BCUT2D eigenvalue weighted by Crippen LogP contribution is 1.91. The fourth-order valence-corrected chi connectivity index (χ4v) is 0.925. The third-order valence-corrected chi connectivity index (χ3v) is 1.79. The molecule has 0 aromatic heterocycles. The quantitative estimate of drug-likeness (QED) is 0.536. The summed E-state index contributed by atoms with van der Waals surface area (Å²) in [4.78, 5) is 23.0. The second-order valence-corrected chi connectivity index (χ2v) is 3.36. The molecule has 2 amide bonds. The second kappa shape index (κ2) is 7.32. The van der Waals surface area contributed by atoms with E-state index in [-0.39, 0.29) is 11.8 Å². The van der Waals surface area contributed by atoms with E-state index in [0.29, 0.717) is 19.4 Å². The van der Waals surface area contributed by atoms with E-state index < -0.39 is 0 Å². The van der Waals surface area contributed by atoms with Crippen LogP contribution in [0.2, 0.25) is 0 Å². The van der Waals surface area contributed by atoms with E-state index in [9.17, 15) is 9.59 Å². The van der Waals surface area contributed by atoms with Gasteiger partial charge in [0.15, 0.2) is 0 Å². The minimum Gasteiger partial charge on any atom is -0.370 e. The maximum atomic E-state index is 11.1. The van der Waals surface area contributed by atoms with Crippen LogP contribution in [0.15, 0.2) is 0 Å². The first-order valence-corrected chi connectivity index (χ1v) is 4.73. The number of rotatable bonds is 7. The van der Waals surface area contributed by atoms with E-state index in [1.807, 2.05) is 0 Å². The van der Waals surface area contributed by atoms with Crippen molar-refractivity contribution < 1.29 is 9.59 Å². The van der Waals surface area contributed by atoms with Gasteiger partial charge < -0.3 is 16.0 Å². The van der Waals surface area contributed by atoms with Crippen molar-refractivity contribution in [2.75, 3.05) is 27.2 Å². The van der Waals surface area contributed by atoms with Crippen molar-refractivity contribution in [3.8, 4) is 0 Å². The lowest BCUT2D eigenvalue weighted by molar-refractivity contribution is -0.128. The van der Waals surface area contributed by atoms with E-state index in [4.69, 9.17) is 5.73 Å². The normalized spacial score (nSPS) is 9.86. The van der Waals surface area contributed by atoms with Gasteiger partial charge in [0.1, 0.15) is 0 Å². The third-order valence-electron chi connectivity index (χ3n) is 1.79. The Morgan fingerprint density at radius 3 is 2.36 bits per heavy atom. The molecule has 0 atom stereocenters. The second-order valence-electron chi connectivity index (χ2n) is 3.36. The molecule has 0 bridgehead atoms. The van der Waals surface area contributed by atoms with Gasteiger partial charge in [-0.25, -0.2) is 0 Å². The molecule has 3 N–H and O–H groups in total. The highest BCUT2D eigenvalue weighted by Gasteiger charge is 2.02. The van der Waals surface area contributed by atoms with Gasteiger partial charge >= 0.3 is 0 Å². The van der Waals surface area contributed by atoms with E-state index >= 15 is 0 Å². The van der Waals surface area contributed by atoms with Gasteiger partial charge in [0.05, 0.1) is 0 Å². The molecule has 0 saturated carbocycles. The average molecular weight is 201 g/mol. The average Bonchev–Trinajstić information content (AvgIpc) is 2.09. The van der Waals surface area contributed by atoms with E-state index in [2.05, 4.69) is 5.32 Å². The Labute approximate surface area is 84.6 Å². The number of nitrogens with one attached hydrogen (secondary N) is 1. The highest BCUT2D eigenvalue weighted by molar-refractivity contribution is 5.75. The van der Waals surface area contributed by atoms with Crippen LogP contribution < -0.4 is 11.1 Å². The van der Waals surface area contributed by atoms with Crippen LogP contribution in [-0.2, 0) is 9.59 Å². The Balaban J connectivity index is 3.22. The van der Waals surface area contributed by atoms with E-state index in [1.165, 1.54) is 0 Å². The summed E-state index contributed by atoms with van der Waals surface area (Å²) in [6, 6.07) is 0. The maximum Gasteiger partial charge on any atom is 0.222 e. The van der Waals surface area contributed by atoms with Crippen LogP contribution >= 0.6 is 0 Å². The van der Waals surface area contributed by atoms with Gasteiger partial charge in [0, 0.05) is 33.5 Å². The van der Waals surface area contributed by atoms with Crippen molar-refractivity contribution >= 4 is 11.8 Å². The molecular formula is C9H19N3O2. The Bertz CT molecular complexity index is 192. The molecule has 0 radical (unpaired) electrons. The molecule has 0 fully saturated rings. The number of carbonyl (C=O) groups excluding carboxylic acids is 2. The van der Waals surface area contributed by atoms with Crippen molar-refractivity contribution in [2.24, 2.45) is 5.73 Å². The number of nitrogens with zero attached hydrogens (tertiary/aromatic N) is 1.